The molecule has 2 N–H and O–H groups in total. The first-order chi connectivity index (χ1) is 5.74. The lowest BCUT2D eigenvalue weighted by molar-refractivity contribution is -0.0487. The minimum Gasteiger partial charge on any atom is -0.464 e. The van der Waals surface area contributed by atoms with Crippen LogP contribution in [0.5, 0.6) is 0 Å². The molecule has 0 radical (unpaired) electrons. The maximum Gasteiger partial charge on any atom is 0.418 e. The van der Waals surface area contributed by atoms with Gasteiger partial charge < -0.3 is 14.9 Å². The van der Waals surface area contributed by atoms with Gasteiger partial charge in [0.05, 0.1) is 5.60 Å². The van der Waals surface area contributed by atoms with Crippen LogP contribution in [-0.4, -0.2) is 39.6 Å². The molecule has 0 aliphatic heterocycles. The molecule has 0 aliphatic rings. The van der Waals surface area contributed by atoms with Crippen LogP contribution in [0.2, 0.25) is 0 Å². The molecule has 0 heterocycles. The van der Waals surface area contributed by atoms with Crippen LogP contribution in [0.3, 0.4) is 0 Å². The van der Waals surface area contributed by atoms with Gasteiger partial charge in [-0.3, -0.25) is 0 Å². The average molecular weight is 191 g/mol. The second-order valence-electron chi connectivity index (χ2n) is 3.38. The summed E-state index contributed by atoms with van der Waals surface area (Å²) in [4.78, 5) is 20.8. The molecule has 2 amide bonds. The number of carbonyl (C=O) groups is 2. The fraction of sp³-hybridized carbons (Fsp3) is 0.714. The summed E-state index contributed by atoms with van der Waals surface area (Å²) in [6.07, 6.45) is -3.09. The van der Waals surface area contributed by atoms with Crippen LogP contribution in [0, 0.1) is 0 Å². The van der Waals surface area contributed by atoms with Crippen LogP contribution in [-0.2, 0) is 4.74 Å². The van der Waals surface area contributed by atoms with Gasteiger partial charge >= 0.3 is 12.2 Å². The highest BCUT2D eigenvalue weighted by molar-refractivity contribution is 5.85. The Bertz CT molecular complexity index is 193. The highest BCUT2D eigenvalue weighted by Crippen LogP contribution is 2.07. The maximum atomic E-state index is 10.3. The van der Waals surface area contributed by atoms with Crippen molar-refractivity contribution in [1.82, 2.24) is 4.90 Å². The zero-order valence-corrected chi connectivity index (χ0v) is 7.77. The molecule has 0 spiro atoms. The van der Waals surface area contributed by atoms with Gasteiger partial charge in [0.2, 0.25) is 0 Å². The van der Waals surface area contributed by atoms with Crippen molar-refractivity contribution in [2.24, 2.45) is 0 Å². The minimum atomic E-state index is -1.54. The molecule has 0 aromatic heterocycles. The Morgan fingerprint density at radius 3 is 1.85 bits per heavy atom. The average Bonchev–Trinajstić information content (AvgIpc) is 1.82. The molecule has 6 nitrogen and oxygen atoms in total. The van der Waals surface area contributed by atoms with E-state index in [1.54, 1.807) is 20.8 Å². The van der Waals surface area contributed by atoms with Crippen LogP contribution < -0.4 is 0 Å². The van der Waals surface area contributed by atoms with Crippen LogP contribution in [0.25, 0.3) is 0 Å². The third kappa shape index (κ3) is 5.02. The molecule has 76 valence electrons. The molecule has 0 saturated heterocycles. The van der Waals surface area contributed by atoms with E-state index >= 15 is 0 Å². The van der Waals surface area contributed by atoms with E-state index in [0.29, 0.717) is 0 Å². The van der Waals surface area contributed by atoms with Gasteiger partial charge in [-0.1, -0.05) is 0 Å². The molecule has 0 rings (SSSR count). The lowest BCUT2D eigenvalue weighted by atomic mass is 10.2. The number of amides is 2. The van der Waals surface area contributed by atoms with Crippen molar-refractivity contribution in [2.45, 2.75) is 26.4 Å². The molecule has 0 unspecified atom stereocenters. The third-order valence-corrected chi connectivity index (χ3v) is 1.09. The number of carboxylic acid groups (broad SMARTS) is 2. The molecule has 0 aliphatic carbocycles. The Hall–Kier alpha value is -1.30. The number of rotatable bonds is 2. The second kappa shape index (κ2) is 4.08. The zero-order chi connectivity index (χ0) is 10.6. The zero-order valence-electron chi connectivity index (χ0n) is 7.77. The van der Waals surface area contributed by atoms with E-state index in [2.05, 4.69) is 0 Å². The van der Waals surface area contributed by atoms with Gasteiger partial charge in [0.25, 0.3) is 0 Å². The van der Waals surface area contributed by atoms with E-state index in [1.807, 2.05) is 0 Å². The van der Waals surface area contributed by atoms with Crippen LogP contribution in [0.1, 0.15) is 20.8 Å². The molecule has 6 heteroatoms. The number of hydrogen-bond donors (Lipinski definition) is 2. The summed E-state index contributed by atoms with van der Waals surface area (Å²) in [5, 5.41) is 16.8. The molecule has 0 aromatic carbocycles. The standard InChI is InChI=1S/C7H13NO5/c1-7(2,3)13-4-8(5(9)10)6(11)12/h4H2,1-3H3,(H,9,10)(H,11,12). The third-order valence-electron chi connectivity index (χ3n) is 1.09. The summed E-state index contributed by atoms with van der Waals surface area (Å²) in [7, 11) is 0. The molecule has 0 atom stereocenters. The number of ether oxygens (including phenoxy) is 1. The summed E-state index contributed by atoms with van der Waals surface area (Å²) in [6.45, 7) is 4.63. The van der Waals surface area contributed by atoms with Crippen molar-refractivity contribution >= 4 is 12.2 Å². The Morgan fingerprint density at radius 2 is 1.62 bits per heavy atom. The van der Waals surface area contributed by atoms with Crippen molar-refractivity contribution in [2.75, 3.05) is 6.73 Å². The van der Waals surface area contributed by atoms with E-state index in [9.17, 15) is 9.59 Å². The maximum absolute atomic E-state index is 10.3. The van der Waals surface area contributed by atoms with E-state index < -0.39 is 24.5 Å². The van der Waals surface area contributed by atoms with E-state index in [-0.39, 0.29) is 4.90 Å². The van der Waals surface area contributed by atoms with Gasteiger partial charge in [-0.25, -0.2) is 9.59 Å². The fourth-order valence-corrected chi connectivity index (χ4v) is 0.450. The first-order valence-electron chi connectivity index (χ1n) is 3.61. The van der Waals surface area contributed by atoms with Crippen molar-refractivity contribution in [3.05, 3.63) is 0 Å². The van der Waals surface area contributed by atoms with Gasteiger partial charge in [0, 0.05) is 0 Å². The van der Waals surface area contributed by atoms with Crippen LogP contribution >= 0.6 is 0 Å². The first-order valence-corrected chi connectivity index (χ1v) is 3.61. The monoisotopic (exact) mass is 191 g/mol. The molecular formula is C7H13NO5. The Balaban J connectivity index is 4.14. The van der Waals surface area contributed by atoms with E-state index in [4.69, 9.17) is 14.9 Å². The lowest BCUT2D eigenvalue weighted by Crippen LogP contribution is -2.39. The molecule has 13 heavy (non-hydrogen) atoms. The number of hydrogen-bond acceptors (Lipinski definition) is 3. The van der Waals surface area contributed by atoms with Gasteiger partial charge in [-0.05, 0) is 20.8 Å². The number of imide groups is 1. The SMILES string of the molecule is CC(C)(C)OCN(C(=O)O)C(=O)O. The number of nitrogens with zero attached hydrogens (tertiary/aromatic N) is 1. The predicted molar refractivity (Wildman–Crippen MR) is 43.6 cm³/mol. The van der Waals surface area contributed by atoms with Crippen molar-refractivity contribution in [3.8, 4) is 0 Å². The summed E-state index contributed by atoms with van der Waals surface area (Å²) >= 11 is 0. The van der Waals surface area contributed by atoms with Crippen molar-refractivity contribution < 1.29 is 24.5 Å². The van der Waals surface area contributed by atoms with E-state index in [1.165, 1.54) is 0 Å². The van der Waals surface area contributed by atoms with Crippen molar-refractivity contribution in [1.29, 1.82) is 0 Å². The van der Waals surface area contributed by atoms with E-state index in [0.717, 1.165) is 0 Å². The summed E-state index contributed by atoms with van der Waals surface area (Å²) in [5.74, 6) is 0. The van der Waals surface area contributed by atoms with Gasteiger partial charge in [-0.2, -0.15) is 4.90 Å². The fourth-order valence-electron chi connectivity index (χ4n) is 0.450. The largest absolute Gasteiger partial charge is 0.464 e. The quantitative estimate of drug-likeness (QED) is 0.644. The molecule has 0 fully saturated rings. The highest BCUT2D eigenvalue weighted by Gasteiger charge is 2.22. The Morgan fingerprint density at radius 1 is 1.23 bits per heavy atom. The minimum absolute atomic E-state index is 0.172. The topological polar surface area (TPSA) is 87.1 Å². The molecule has 0 aromatic rings. The Kier molecular flexibility index (Phi) is 3.68. The molecular weight excluding hydrogens is 178 g/mol. The summed E-state index contributed by atoms with van der Waals surface area (Å²) < 4.78 is 4.98. The lowest BCUT2D eigenvalue weighted by Gasteiger charge is -2.22. The first kappa shape index (κ1) is 11.7. The highest BCUT2D eigenvalue weighted by atomic mass is 16.5. The summed E-state index contributed by atoms with van der Waals surface area (Å²) in [5.41, 5.74) is -0.566. The van der Waals surface area contributed by atoms with Gasteiger partial charge in [0.15, 0.2) is 0 Å². The molecule has 0 saturated carbocycles. The second-order valence-corrected chi connectivity index (χ2v) is 3.38. The predicted octanol–water partition coefficient (Wildman–Crippen LogP) is 1.42. The Labute approximate surface area is 75.7 Å². The van der Waals surface area contributed by atoms with Gasteiger partial charge in [0.1, 0.15) is 6.73 Å². The van der Waals surface area contributed by atoms with Gasteiger partial charge in [-0.15, -0.1) is 0 Å². The summed E-state index contributed by atoms with van der Waals surface area (Å²) in [6, 6.07) is 0. The van der Waals surface area contributed by atoms with Crippen LogP contribution in [0.15, 0.2) is 0 Å². The smallest absolute Gasteiger partial charge is 0.418 e. The molecule has 0 bridgehead atoms. The van der Waals surface area contributed by atoms with Crippen LogP contribution in [0.4, 0.5) is 9.59 Å². The normalized spacial score (nSPS) is 11.0. The van der Waals surface area contributed by atoms with Crippen molar-refractivity contribution in [3.63, 3.8) is 0 Å².